The zero-order valence-electron chi connectivity index (χ0n) is 15.4. The summed E-state index contributed by atoms with van der Waals surface area (Å²) in [6.45, 7) is 1.16. The summed E-state index contributed by atoms with van der Waals surface area (Å²) in [5.74, 6) is 1.19. The van der Waals surface area contributed by atoms with E-state index in [4.69, 9.17) is 5.73 Å². The maximum absolute atomic E-state index is 6.08. The van der Waals surface area contributed by atoms with Crippen LogP contribution in [0.25, 0.3) is 11.0 Å². The Morgan fingerprint density at radius 2 is 2.15 bits per heavy atom. The van der Waals surface area contributed by atoms with Gasteiger partial charge in [0.25, 0.3) is 0 Å². The Hall–Kier alpha value is -3.16. The molecule has 0 saturated carbocycles. The molecule has 0 fully saturated rings. The first-order valence-corrected chi connectivity index (χ1v) is 9.26. The lowest BCUT2D eigenvalue weighted by atomic mass is 9.90. The van der Waals surface area contributed by atoms with Gasteiger partial charge in [-0.3, -0.25) is 9.67 Å². The van der Waals surface area contributed by atoms with E-state index in [2.05, 4.69) is 48.9 Å². The summed E-state index contributed by atoms with van der Waals surface area (Å²) in [6, 6.07) is 6.36. The second kappa shape index (κ2) is 7.61. The monoisotopic (exact) mass is 364 g/mol. The Morgan fingerprint density at radius 3 is 3.07 bits per heavy atom. The largest absolute Gasteiger partial charge is 0.370 e. The Kier molecular flexibility index (Phi) is 4.86. The molecule has 0 spiro atoms. The summed E-state index contributed by atoms with van der Waals surface area (Å²) in [5, 5.41) is 11.6. The first kappa shape index (κ1) is 17.3. The summed E-state index contributed by atoms with van der Waals surface area (Å²) in [4.78, 5) is 12.9. The number of rotatable bonds is 5. The van der Waals surface area contributed by atoms with Crippen LogP contribution in [0.15, 0.2) is 35.7 Å². The summed E-state index contributed by atoms with van der Waals surface area (Å²) in [5.41, 5.74) is 10.8. The number of nitrogens with two attached hydrogens (primary N) is 1. The molecule has 4 N–H and O–H groups in total. The van der Waals surface area contributed by atoms with Gasteiger partial charge in [0, 0.05) is 19.3 Å². The third-order valence-electron chi connectivity index (χ3n) is 4.87. The molecule has 0 aliphatic heterocycles. The standard InChI is InChI=1S/C19H24N8/c1-27-18-15(11-25-27)17(23-12-24-18)21-9-10-22-19(20)26-16-8-4-6-13-5-2-3-7-14(13)16/h4,6,8,11-12H,2-3,5,7,9-10H2,1H3,(H3,20,22,26)(H,21,23,24). The molecule has 0 atom stereocenters. The van der Waals surface area contributed by atoms with Gasteiger partial charge in [-0.15, -0.1) is 0 Å². The molecule has 2 aromatic heterocycles. The topological polar surface area (TPSA) is 106 Å². The van der Waals surface area contributed by atoms with Crippen LogP contribution in [0.4, 0.5) is 11.5 Å². The molecular formula is C19H24N8. The van der Waals surface area contributed by atoms with Crippen LogP contribution in [0.3, 0.4) is 0 Å². The number of nitrogens with one attached hydrogen (secondary N) is 2. The van der Waals surface area contributed by atoms with Gasteiger partial charge >= 0.3 is 0 Å². The van der Waals surface area contributed by atoms with E-state index in [1.807, 2.05) is 7.05 Å². The van der Waals surface area contributed by atoms with Gasteiger partial charge in [-0.25, -0.2) is 9.97 Å². The number of aryl methyl sites for hydroxylation is 2. The van der Waals surface area contributed by atoms with Crippen LogP contribution in [0, 0.1) is 0 Å². The number of benzene rings is 1. The average molecular weight is 364 g/mol. The minimum absolute atomic E-state index is 0.435. The van der Waals surface area contributed by atoms with Crippen LogP contribution in [-0.2, 0) is 19.9 Å². The highest BCUT2D eigenvalue weighted by molar-refractivity contribution is 5.93. The molecule has 27 heavy (non-hydrogen) atoms. The van der Waals surface area contributed by atoms with Crippen LogP contribution >= 0.6 is 0 Å². The second-order valence-corrected chi connectivity index (χ2v) is 6.70. The zero-order valence-corrected chi connectivity index (χ0v) is 15.4. The number of aromatic nitrogens is 4. The molecule has 0 amide bonds. The van der Waals surface area contributed by atoms with Gasteiger partial charge in [0.1, 0.15) is 12.1 Å². The van der Waals surface area contributed by atoms with E-state index in [1.165, 1.54) is 30.3 Å². The minimum Gasteiger partial charge on any atom is -0.370 e. The highest BCUT2D eigenvalue weighted by Gasteiger charge is 2.13. The summed E-state index contributed by atoms with van der Waals surface area (Å²) < 4.78 is 1.73. The molecule has 2 heterocycles. The van der Waals surface area contributed by atoms with Gasteiger partial charge in [0.2, 0.25) is 0 Å². The fourth-order valence-corrected chi connectivity index (χ4v) is 3.53. The zero-order chi connectivity index (χ0) is 18.6. The molecular weight excluding hydrogens is 340 g/mol. The third kappa shape index (κ3) is 3.69. The van der Waals surface area contributed by atoms with Crippen LogP contribution in [0.5, 0.6) is 0 Å². The van der Waals surface area contributed by atoms with Crippen LogP contribution in [0.2, 0.25) is 0 Å². The maximum Gasteiger partial charge on any atom is 0.193 e. The van der Waals surface area contributed by atoms with Crippen LogP contribution in [0.1, 0.15) is 24.0 Å². The van der Waals surface area contributed by atoms with E-state index in [1.54, 1.807) is 10.9 Å². The van der Waals surface area contributed by atoms with Gasteiger partial charge in [0.15, 0.2) is 11.6 Å². The number of hydrogen-bond acceptors (Lipinski definition) is 5. The van der Waals surface area contributed by atoms with E-state index in [0.29, 0.717) is 19.0 Å². The van der Waals surface area contributed by atoms with E-state index in [-0.39, 0.29) is 0 Å². The van der Waals surface area contributed by atoms with E-state index in [0.717, 1.165) is 35.4 Å². The Balaban J connectivity index is 1.36. The summed E-state index contributed by atoms with van der Waals surface area (Å²) in [6.07, 6.45) is 8.03. The molecule has 3 aromatic rings. The predicted octanol–water partition coefficient (Wildman–Crippen LogP) is 2.08. The van der Waals surface area contributed by atoms with Crippen molar-refractivity contribution in [3.05, 3.63) is 41.9 Å². The smallest absolute Gasteiger partial charge is 0.193 e. The third-order valence-corrected chi connectivity index (χ3v) is 4.87. The molecule has 0 unspecified atom stereocenters. The molecule has 4 rings (SSSR count). The molecule has 8 nitrogen and oxygen atoms in total. The van der Waals surface area contributed by atoms with Crippen molar-refractivity contribution < 1.29 is 0 Å². The number of aliphatic imine (C=N–C) groups is 1. The summed E-state index contributed by atoms with van der Waals surface area (Å²) >= 11 is 0. The van der Waals surface area contributed by atoms with Crippen molar-refractivity contribution in [1.29, 1.82) is 0 Å². The quantitative estimate of drug-likeness (QED) is 0.364. The molecule has 140 valence electrons. The van der Waals surface area contributed by atoms with Crippen molar-refractivity contribution in [2.24, 2.45) is 17.8 Å². The molecule has 1 aliphatic rings. The highest BCUT2D eigenvalue weighted by atomic mass is 15.3. The lowest BCUT2D eigenvalue weighted by Gasteiger charge is -2.19. The van der Waals surface area contributed by atoms with E-state index >= 15 is 0 Å². The number of guanidine groups is 1. The summed E-state index contributed by atoms with van der Waals surface area (Å²) in [7, 11) is 1.86. The number of hydrogen-bond donors (Lipinski definition) is 3. The average Bonchev–Trinajstić information content (AvgIpc) is 3.07. The van der Waals surface area contributed by atoms with Gasteiger partial charge in [-0.05, 0) is 42.9 Å². The fourth-order valence-electron chi connectivity index (χ4n) is 3.53. The Labute approximate surface area is 157 Å². The lowest BCUT2D eigenvalue weighted by molar-refractivity contribution is 0.687. The van der Waals surface area contributed by atoms with Gasteiger partial charge in [-0.2, -0.15) is 5.10 Å². The maximum atomic E-state index is 6.08. The molecule has 0 radical (unpaired) electrons. The van der Waals surface area contributed by atoms with Crippen molar-refractivity contribution in [3.63, 3.8) is 0 Å². The predicted molar refractivity (Wildman–Crippen MR) is 108 cm³/mol. The molecule has 1 aromatic carbocycles. The Morgan fingerprint density at radius 1 is 1.26 bits per heavy atom. The molecule has 0 saturated heterocycles. The molecule has 8 heteroatoms. The van der Waals surface area contributed by atoms with Gasteiger partial charge < -0.3 is 16.4 Å². The van der Waals surface area contributed by atoms with Gasteiger partial charge in [0.05, 0.1) is 18.1 Å². The second-order valence-electron chi connectivity index (χ2n) is 6.70. The molecule has 1 aliphatic carbocycles. The Bertz CT molecular complexity index is 975. The fraction of sp³-hybridized carbons (Fsp3) is 0.368. The normalized spacial score (nSPS) is 14.2. The highest BCUT2D eigenvalue weighted by Crippen LogP contribution is 2.27. The van der Waals surface area contributed by atoms with Crippen molar-refractivity contribution in [3.8, 4) is 0 Å². The minimum atomic E-state index is 0.435. The number of fused-ring (bicyclic) bond motifs is 2. The van der Waals surface area contributed by atoms with E-state index in [9.17, 15) is 0 Å². The van der Waals surface area contributed by atoms with Crippen molar-refractivity contribution in [2.75, 3.05) is 23.7 Å². The lowest BCUT2D eigenvalue weighted by Crippen LogP contribution is -2.25. The van der Waals surface area contributed by atoms with E-state index < -0.39 is 0 Å². The number of nitrogens with zero attached hydrogens (tertiary/aromatic N) is 5. The SMILES string of the molecule is Cn1ncc2c(NCCN=C(N)Nc3cccc4c3CCCC4)ncnc21. The number of anilines is 2. The van der Waals surface area contributed by atoms with Gasteiger partial charge in [-0.1, -0.05) is 12.1 Å². The first-order chi connectivity index (χ1) is 13.2. The molecule has 0 bridgehead atoms. The van der Waals surface area contributed by atoms with Crippen LogP contribution in [-0.4, -0.2) is 38.8 Å². The van der Waals surface area contributed by atoms with Crippen molar-refractivity contribution >= 4 is 28.5 Å². The van der Waals surface area contributed by atoms with Crippen molar-refractivity contribution in [2.45, 2.75) is 25.7 Å². The first-order valence-electron chi connectivity index (χ1n) is 9.26. The van der Waals surface area contributed by atoms with Crippen LogP contribution < -0.4 is 16.4 Å². The van der Waals surface area contributed by atoms with Crippen molar-refractivity contribution in [1.82, 2.24) is 19.7 Å².